The maximum atomic E-state index is 10.9. The first-order chi connectivity index (χ1) is 8.97. The molecule has 0 fully saturated rings. The average Bonchev–Trinajstić information content (AvgIpc) is 2.34. The lowest BCUT2D eigenvalue weighted by Crippen LogP contribution is -1.99. The van der Waals surface area contributed by atoms with Crippen LogP contribution in [0, 0.1) is 6.92 Å². The Morgan fingerprint density at radius 3 is 2.58 bits per heavy atom. The van der Waals surface area contributed by atoms with Gasteiger partial charge in [0.1, 0.15) is 5.75 Å². The van der Waals surface area contributed by atoms with Crippen LogP contribution in [-0.4, -0.2) is 11.1 Å². The highest BCUT2D eigenvalue weighted by molar-refractivity contribution is 6.30. The van der Waals surface area contributed by atoms with E-state index in [1.807, 2.05) is 6.92 Å². The smallest absolute Gasteiger partial charge is 0.335 e. The number of nitrogen functional groups attached to an aromatic ring is 1. The van der Waals surface area contributed by atoms with E-state index in [1.54, 1.807) is 18.2 Å². The minimum atomic E-state index is -1.03. The molecule has 4 nitrogen and oxygen atoms in total. The van der Waals surface area contributed by atoms with Gasteiger partial charge in [-0.2, -0.15) is 0 Å². The van der Waals surface area contributed by atoms with Gasteiger partial charge in [-0.05, 0) is 48.9 Å². The van der Waals surface area contributed by atoms with Crippen LogP contribution in [0.1, 0.15) is 15.9 Å². The highest BCUT2D eigenvalue weighted by Crippen LogP contribution is 2.31. The number of hydrogen-bond donors (Lipinski definition) is 2. The molecule has 0 bridgehead atoms. The maximum Gasteiger partial charge on any atom is 0.335 e. The summed E-state index contributed by atoms with van der Waals surface area (Å²) in [4.78, 5) is 10.9. The van der Waals surface area contributed by atoms with Crippen molar-refractivity contribution in [1.29, 1.82) is 0 Å². The molecule has 0 unspecified atom stereocenters. The molecule has 0 heterocycles. The minimum Gasteiger partial charge on any atom is -0.478 e. The van der Waals surface area contributed by atoms with Crippen LogP contribution in [0.25, 0.3) is 0 Å². The number of ether oxygens (including phenoxy) is 1. The molecule has 2 rings (SSSR count). The predicted molar refractivity (Wildman–Crippen MR) is 74.1 cm³/mol. The van der Waals surface area contributed by atoms with E-state index in [0.29, 0.717) is 22.2 Å². The molecule has 0 aliphatic heterocycles. The predicted octanol–water partition coefficient (Wildman–Crippen LogP) is 3.72. The van der Waals surface area contributed by atoms with Crippen molar-refractivity contribution in [2.75, 3.05) is 5.73 Å². The van der Waals surface area contributed by atoms with Crippen LogP contribution >= 0.6 is 11.6 Å². The van der Waals surface area contributed by atoms with E-state index >= 15 is 0 Å². The number of halogens is 1. The Morgan fingerprint density at radius 2 is 1.95 bits per heavy atom. The van der Waals surface area contributed by atoms with Crippen LogP contribution < -0.4 is 10.5 Å². The van der Waals surface area contributed by atoms with Gasteiger partial charge >= 0.3 is 5.97 Å². The number of rotatable bonds is 3. The standard InChI is InChI=1S/C14H12ClNO3/c1-8-6-10(15)3-5-12(8)19-13-7-9(14(17)18)2-4-11(13)16/h2-7H,16H2,1H3,(H,17,18). The number of aromatic carboxylic acids is 1. The van der Waals surface area contributed by atoms with Crippen molar-refractivity contribution < 1.29 is 14.6 Å². The lowest BCUT2D eigenvalue weighted by molar-refractivity contribution is 0.0696. The van der Waals surface area contributed by atoms with Crippen molar-refractivity contribution in [2.24, 2.45) is 0 Å². The Morgan fingerprint density at radius 1 is 1.21 bits per heavy atom. The molecule has 0 aliphatic carbocycles. The van der Waals surface area contributed by atoms with Crippen molar-refractivity contribution in [2.45, 2.75) is 6.92 Å². The number of anilines is 1. The van der Waals surface area contributed by atoms with E-state index in [9.17, 15) is 4.79 Å². The molecule has 0 aliphatic rings. The molecule has 3 N–H and O–H groups in total. The van der Waals surface area contributed by atoms with Crippen molar-refractivity contribution in [1.82, 2.24) is 0 Å². The molecule has 0 radical (unpaired) electrons. The second-order valence-corrected chi connectivity index (χ2v) is 4.51. The van der Waals surface area contributed by atoms with Crippen molar-refractivity contribution in [3.05, 3.63) is 52.5 Å². The summed E-state index contributed by atoms with van der Waals surface area (Å²) in [5, 5.41) is 9.55. The lowest BCUT2D eigenvalue weighted by Gasteiger charge is -2.11. The van der Waals surface area contributed by atoms with Gasteiger partial charge in [-0.25, -0.2) is 4.79 Å². The Balaban J connectivity index is 2.37. The monoisotopic (exact) mass is 277 g/mol. The normalized spacial score (nSPS) is 10.2. The highest BCUT2D eigenvalue weighted by Gasteiger charge is 2.10. The summed E-state index contributed by atoms with van der Waals surface area (Å²) in [7, 11) is 0. The number of carboxylic acids is 1. The van der Waals surface area contributed by atoms with Crippen LogP contribution in [0.2, 0.25) is 5.02 Å². The van der Waals surface area contributed by atoms with Crippen LogP contribution in [0.15, 0.2) is 36.4 Å². The van der Waals surface area contributed by atoms with E-state index in [2.05, 4.69) is 0 Å². The molecule has 0 saturated heterocycles. The van der Waals surface area contributed by atoms with Crippen LogP contribution in [-0.2, 0) is 0 Å². The summed E-state index contributed by atoms with van der Waals surface area (Å²) in [6.45, 7) is 1.85. The van der Waals surface area contributed by atoms with Gasteiger partial charge in [0.15, 0.2) is 5.75 Å². The summed E-state index contributed by atoms with van der Waals surface area (Å²) in [5.41, 5.74) is 7.11. The van der Waals surface area contributed by atoms with Gasteiger partial charge in [0.2, 0.25) is 0 Å². The Bertz CT molecular complexity index is 641. The zero-order valence-electron chi connectivity index (χ0n) is 10.2. The number of carbonyl (C=O) groups is 1. The number of aryl methyl sites for hydroxylation is 1. The zero-order chi connectivity index (χ0) is 14.0. The van der Waals surface area contributed by atoms with Gasteiger partial charge in [0.25, 0.3) is 0 Å². The summed E-state index contributed by atoms with van der Waals surface area (Å²) in [6, 6.07) is 9.49. The van der Waals surface area contributed by atoms with Crippen LogP contribution in [0.5, 0.6) is 11.5 Å². The third-order valence-electron chi connectivity index (χ3n) is 2.62. The first-order valence-electron chi connectivity index (χ1n) is 5.54. The van der Waals surface area contributed by atoms with E-state index in [0.717, 1.165) is 5.56 Å². The fraction of sp³-hybridized carbons (Fsp3) is 0.0714. The Labute approximate surface area is 115 Å². The van der Waals surface area contributed by atoms with Crippen molar-refractivity contribution in [3.63, 3.8) is 0 Å². The highest BCUT2D eigenvalue weighted by atomic mass is 35.5. The molecule has 2 aromatic rings. The first kappa shape index (κ1) is 13.2. The van der Waals surface area contributed by atoms with Crippen LogP contribution in [0.4, 0.5) is 5.69 Å². The average molecular weight is 278 g/mol. The van der Waals surface area contributed by atoms with E-state index in [-0.39, 0.29) is 5.56 Å². The Hall–Kier alpha value is -2.20. The molecule has 0 spiro atoms. The van der Waals surface area contributed by atoms with E-state index < -0.39 is 5.97 Å². The number of nitrogens with two attached hydrogens (primary N) is 1. The zero-order valence-corrected chi connectivity index (χ0v) is 10.9. The minimum absolute atomic E-state index is 0.121. The maximum absolute atomic E-state index is 10.9. The summed E-state index contributed by atoms with van der Waals surface area (Å²) < 4.78 is 5.64. The van der Waals surface area contributed by atoms with Gasteiger partial charge in [-0.1, -0.05) is 11.6 Å². The molecule has 98 valence electrons. The molecular weight excluding hydrogens is 266 g/mol. The third kappa shape index (κ3) is 2.98. The van der Waals surface area contributed by atoms with Gasteiger partial charge in [-0.15, -0.1) is 0 Å². The van der Waals surface area contributed by atoms with E-state index in [1.165, 1.54) is 18.2 Å². The second kappa shape index (κ2) is 5.20. The molecular formula is C14H12ClNO3. The SMILES string of the molecule is Cc1cc(Cl)ccc1Oc1cc(C(=O)O)ccc1N. The fourth-order valence-electron chi connectivity index (χ4n) is 1.60. The topological polar surface area (TPSA) is 72.5 Å². The lowest BCUT2D eigenvalue weighted by atomic mass is 10.2. The largest absolute Gasteiger partial charge is 0.478 e. The van der Waals surface area contributed by atoms with Gasteiger partial charge in [0, 0.05) is 5.02 Å². The van der Waals surface area contributed by atoms with Crippen LogP contribution in [0.3, 0.4) is 0 Å². The molecule has 0 amide bonds. The van der Waals surface area contributed by atoms with Gasteiger partial charge in [-0.3, -0.25) is 0 Å². The number of benzene rings is 2. The first-order valence-corrected chi connectivity index (χ1v) is 5.92. The van der Waals surface area contributed by atoms with Gasteiger partial charge in [0.05, 0.1) is 11.3 Å². The van der Waals surface area contributed by atoms with Crippen molar-refractivity contribution >= 4 is 23.3 Å². The molecule has 5 heteroatoms. The number of carboxylic acid groups (broad SMARTS) is 1. The third-order valence-corrected chi connectivity index (χ3v) is 2.85. The summed E-state index contributed by atoms with van der Waals surface area (Å²) in [6.07, 6.45) is 0. The molecule has 2 aromatic carbocycles. The Kier molecular flexibility index (Phi) is 3.62. The summed E-state index contributed by atoms with van der Waals surface area (Å²) >= 11 is 5.86. The van der Waals surface area contributed by atoms with Gasteiger partial charge < -0.3 is 15.6 Å². The second-order valence-electron chi connectivity index (χ2n) is 4.07. The van der Waals surface area contributed by atoms with E-state index in [4.69, 9.17) is 27.2 Å². The molecule has 19 heavy (non-hydrogen) atoms. The quantitative estimate of drug-likeness (QED) is 0.839. The van der Waals surface area contributed by atoms with Crippen molar-refractivity contribution in [3.8, 4) is 11.5 Å². The fourth-order valence-corrected chi connectivity index (χ4v) is 1.83. The molecule has 0 aromatic heterocycles. The number of hydrogen-bond acceptors (Lipinski definition) is 3. The molecule has 0 saturated carbocycles. The summed E-state index contributed by atoms with van der Waals surface area (Å²) in [5.74, 6) is -0.137. The molecule has 0 atom stereocenters.